The molecule has 2 fully saturated rings. The van der Waals surface area contributed by atoms with Crippen molar-refractivity contribution in [2.24, 2.45) is 11.1 Å². The number of hydrogen-bond acceptors (Lipinski definition) is 5. The molecule has 1 spiro atoms. The Balaban J connectivity index is 0.00000124. The number of carbonyl (C=O) groups is 1. The molecule has 0 amide bonds. The van der Waals surface area contributed by atoms with Crippen LogP contribution in [0, 0.1) is 5.41 Å². The number of aldehydes is 1. The first-order chi connectivity index (χ1) is 14.6. The molecule has 0 radical (unpaired) electrons. The number of benzene rings is 2. The molecule has 1 saturated heterocycles. The van der Waals surface area contributed by atoms with Crippen molar-refractivity contribution in [2.45, 2.75) is 48.4 Å². The van der Waals surface area contributed by atoms with E-state index >= 15 is 0 Å². The van der Waals surface area contributed by atoms with Crippen molar-refractivity contribution in [2.75, 3.05) is 20.1 Å². The smallest absolute Gasteiger partial charge is 0.138 e. The van der Waals surface area contributed by atoms with E-state index in [4.69, 9.17) is 16.3 Å². The third-order valence-electron chi connectivity index (χ3n) is 6.09. The van der Waals surface area contributed by atoms with Gasteiger partial charge in [0.15, 0.2) is 0 Å². The maximum Gasteiger partial charge on any atom is 0.138 e. The van der Waals surface area contributed by atoms with Gasteiger partial charge >= 0.3 is 0 Å². The maximum absolute atomic E-state index is 12.1. The zero-order valence-electron chi connectivity index (χ0n) is 17.5. The van der Waals surface area contributed by atoms with E-state index in [9.17, 15) is 4.79 Å². The quantitative estimate of drug-likeness (QED) is 0.606. The van der Waals surface area contributed by atoms with Gasteiger partial charge in [-0.15, -0.1) is 11.8 Å². The Morgan fingerprint density at radius 3 is 2.50 bits per heavy atom. The predicted molar refractivity (Wildman–Crippen MR) is 125 cm³/mol. The molecule has 1 atom stereocenters. The minimum Gasteiger partial charge on any atom is -0.487 e. The zero-order chi connectivity index (χ0) is 21.5. The molecular formula is C24H31ClN2O2S. The van der Waals surface area contributed by atoms with Gasteiger partial charge in [0.25, 0.3) is 0 Å². The number of carbonyl (C=O) groups excluding carboxylic acids is 1. The van der Waals surface area contributed by atoms with Crippen LogP contribution in [0.5, 0.6) is 5.75 Å². The first-order valence-electron chi connectivity index (χ1n) is 10.5. The molecule has 4 rings (SSSR count). The Labute approximate surface area is 188 Å². The molecule has 2 aromatic carbocycles. The largest absolute Gasteiger partial charge is 0.487 e. The number of hydrogen-bond donors (Lipinski definition) is 2. The van der Waals surface area contributed by atoms with Crippen molar-refractivity contribution in [1.82, 2.24) is 5.32 Å². The second-order valence-electron chi connectivity index (χ2n) is 8.08. The van der Waals surface area contributed by atoms with Crippen LogP contribution in [0.2, 0.25) is 5.02 Å². The molecule has 2 aliphatic rings. The van der Waals surface area contributed by atoms with Crippen molar-refractivity contribution in [3.8, 4) is 5.75 Å². The molecule has 162 valence electrons. The molecule has 1 aliphatic heterocycles. The second kappa shape index (κ2) is 10.7. The van der Waals surface area contributed by atoms with E-state index in [-0.39, 0.29) is 4.75 Å². The molecule has 1 heterocycles. The van der Waals surface area contributed by atoms with E-state index in [0.717, 1.165) is 42.8 Å². The van der Waals surface area contributed by atoms with Crippen LogP contribution in [0.4, 0.5) is 0 Å². The van der Waals surface area contributed by atoms with Gasteiger partial charge in [0.1, 0.15) is 18.6 Å². The van der Waals surface area contributed by atoms with Gasteiger partial charge in [-0.25, -0.2) is 0 Å². The molecular weight excluding hydrogens is 416 g/mol. The summed E-state index contributed by atoms with van der Waals surface area (Å²) in [5, 5.41) is 4.04. The number of piperidine rings is 1. The lowest BCUT2D eigenvalue weighted by molar-refractivity contribution is -0.109. The number of ether oxygens (including phenoxy) is 1. The van der Waals surface area contributed by atoms with Crippen molar-refractivity contribution in [1.29, 1.82) is 0 Å². The summed E-state index contributed by atoms with van der Waals surface area (Å²) >= 11 is 8.15. The maximum atomic E-state index is 12.1. The zero-order valence-corrected chi connectivity index (χ0v) is 19.1. The van der Waals surface area contributed by atoms with Crippen LogP contribution in [0.15, 0.2) is 53.4 Å². The minimum absolute atomic E-state index is 0.326. The highest BCUT2D eigenvalue weighted by atomic mass is 35.5. The molecule has 30 heavy (non-hydrogen) atoms. The van der Waals surface area contributed by atoms with Gasteiger partial charge in [-0.3, -0.25) is 0 Å². The van der Waals surface area contributed by atoms with Crippen LogP contribution < -0.4 is 15.8 Å². The lowest BCUT2D eigenvalue weighted by Gasteiger charge is -2.35. The molecule has 1 unspecified atom stereocenters. The highest BCUT2D eigenvalue weighted by Gasteiger charge is 2.49. The second-order valence-corrected chi connectivity index (χ2v) is 9.97. The molecule has 3 N–H and O–H groups in total. The summed E-state index contributed by atoms with van der Waals surface area (Å²) in [6.45, 7) is 2.62. The number of nitrogens with one attached hydrogen (secondary N) is 1. The fourth-order valence-corrected chi connectivity index (χ4v) is 6.23. The van der Waals surface area contributed by atoms with Gasteiger partial charge in [-0.05, 0) is 81.4 Å². The summed E-state index contributed by atoms with van der Waals surface area (Å²) in [4.78, 5) is 13.1. The van der Waals surface area contributed by atoms with Gasteiger partial charge in [0.2, 0.25) is 0 Å². The van der Waals surface area contributed by atoms with Crippen LogP contribution >= 0.6 is 23.4 Å². The Hall–Kier alpha value is -1.53. The lowest BCUT2D eigenvalue weighted by atomic mass is 9.77. The Bertz CT molecular complexity index is 827. The van der Waals surface area contributed by atoms with Gasteiger partial charge in [0, 0.05) is 4.90 Å². The summed E-state index contributed by atoms with van der Waals surface area (Å²) in [6, 6.07) is 15.9. The predicted octanol–water partition coefficient (Wildman–Crippen LogP) is 5.08. The highest BCUT2D eigenvalue weighted by Crippen LogP contribution is 2.55. The van der Waals surface area contributed by atoms with Crippen molar-refractivity contribution in [3.05, 3.63) is 59.1 Å². The Morgan fingerprint density at radius 2 is 1.83 bits per heavy atom. The van der Waals surface area contributed by atoms with Gasteiger partial charge in [0.05, 0.1) is 9.77 Å². The third kappa shape index (κ3) is 5.58. The molecule has 1 aliphatic carbocycles. The molecule has 0 aromatic heterocycles. The number of nitrogens with two attached hydrogens (primary N) is 1. The topological polar surface area (TPSA) is 64.4 Å². The molecule has 2 aromatic rings. The van der Waals surface area contributed by atoms with Gasteiger partial charge < -0.3 is 20.6 Å². The molecule has 0 bridgehead atoms. The van der Waals surface area contributed by atoms with E-state index in [2.05, 4.69) is 11.1 Å². The van der Waals surface area contributed by atoms with E-state index in [1.54, 1.807) is 11.8 Å². The van der Waals surface area contributed by atoms with Crippen LogP contribution in [0.1, 0.15) is 37.7 Å². The lowest BCUT2D eigenvalue weighted by Crippen LogP contribution is -2.36. The van der Waals surface area contributed by atoms with Crippen molar-refractivity contribution >= 4 is 29.6 Å². The first kappa shape index (κ1) is 23.1. The van der Waals surface area contributed by atoms with Crippen molar-refractivity contribution < 1.29 is 9.53 Å². The normalized spacial score (nSPS) is 22.2. The monoisotopic (exact) mass is 446 g/mol. The summed E-state index contributed by atoms with van der Waals surface area (Å²) in [6.07, 6.45) is 6.60. The van der Waals surface area contributed by atoms with Crippen LogP contribution in [0.3, 0.4) is 0 Å². The standard InChI is InChI=1S/C23H26ClNO2S.CH5N/c24-20-14-19(6-7-21(20)27-15-18-4-2-1-3-5-18)28-23(17-26)9-8-22(16-23)10-12-25-13-11-22;1-2/h1-7,14,17,25H,8-13,15-16H2;2H2,1H3. The minimum atomic E-state index is -0.326. The van der Waals surface area contributed by atoms with E-state index in [1.807, 2.05) is 48.5 Å². The highest BCUT2D eigenvalue weighted by molar-refractivity contribution is 8.01. The summed E-state index contributed by atoms with van der Waals surface area (Å²) in [5.74, 6) is 0.677. The van der Waals surface area contributed by atoms with E-state index < -0.39 is 0 Å². The van der Waals surface area contributed by atoms with E-state index in [1.165, 1.54) is 26.2 Å². The van der Waals surface area contributed by atoms with Gasteiger partial charge in [-0.1, -0.05) is 41.9 Å². The Kier molecular flexibility index (Phi) is 8.23. The number of thioether (sulfide) groups is 1. The summed E-state index contributed by atoms with van der Waals surface area (Å²) in [5.41, 5.74) is 5.94. The number of halogens is 1. The number of rotatable bonds is 6. The summed E-state index contributed by atoms with van der Waals surface area (Å²) < 4.78 is 5.55. The van der Waals surface area contributed by atoms with Crippen LogP contribution in [-0.4, -0.2) is 31.2 Å². The van der Waals surface area contributed by atoms with Crippen LogP contribution in [0.25, 0.3) is 0 Å². The first-order valence-corrected chi connectivity index (χ1v) is 11.7. The average molecular weight is 447 g/mol. The van der Waals surface area contributed by atoms with Gasteiger partial charge in [-0.2, -0.15) is 0 Å². The molecule has 1 saturated carbocycles. The van der Waals surface area contributed by atoms with Crippen molar-refractivity contribution in [3.63, 3.8) is 0 Å². The third-order valence-corrected chi connectivity index (χ3v) is 7.73. The summed E-state index contributed by atoms with van der Waals surface area (Å²) in [7, 11) is 1.50. The molecule has 6 heteroatoms. The Morgan fingerprint density at radius 1 is 1.10 bits per heavy atom. The van der Waals surface area contributed by atoms with E-state index in [0.29, 0.717) is 22.8 Å². The average Bonchev–Trinajstić information content (AvgIpc) is 3.13. The fraction of sp³-hybridized carbons (Fsp3) is 0.458. The molecule has 4 nitrogen and oxygen atoms in total. The van der Waals surface area contributed by atoms with Crippen LogP contribution in [-0.2, 0) is 11.4 Å². The fourth-order valence-electron chi connectivity index (χ4n) is 4.52. The SMILES string of the molecule is CN.O=CC1(Sc2ccc(OCc3ccccc3)c(Cl)c2)CCC2(CCNCC2)C1.